The van der Waals surface area contributed by atoms with Crippen LogP contribution < -0.4 is 5.32 Å². The first kappa shape index (κ1) is 19.6. The molecule has 1 aliphatic heterocycles. The van der Waals surface area contributed by atoms with Gasteiger partial charge >= 0.3 is 0 Å². The summed E-state index contributed by atoms with van der Waals surface area (Å²) < 4.78 is 2.26. The maximum Gasteiger partial charge on any atom is 0.170 e. The Labute approximate surface area is 177 Å². The quantitative estimate of drug-likeness (QED) is 0.630. The Morgan fingerprint density at radius 2 is 1.86 bits per heavy atom. The lowest BCUT2D eigenvalue weighted by atomic mass is 9.96. The lowest BCUT2D eigenvalue weighted by Crippen LogP contribution is -2.30. The van der Waals surface area contributed by atoms with Crippen molar-refractivity contribution in [3.8, 4) is 5.82 Å². The molecule has 6 heteroatoms. The van der Waals surface area contributed by atoms with Gasteiger partial charge < -0.3 is 14.8 Å². The van der Waals surface area contributed by atoms with Crippen molar-refractivity contribution in [1.29, 1.82) is 0 Å². The first-order chi connectivity index (χ1) is 14.0. The molecule has 3 aromatic rings. The van der Waals surface area contributed by atoms with Crippen LogP contribution in [-0.2, 0) is 0 Å². The molecule has 4 heterocycles. The Hall–Kier alpha value is -2.73. The first-order valence-electron chi connectivity index (χ1n) is 10.1. The smallest absolute Gasteiger partial charge is 0.170 e. The molecule has 0 radical (unpaired) electrons. The fourth-order valence-electron chi connectivity index (χ4n) is 4.35. The number of aryl methyl sites for hydroxylation is 2. The third kappa shape index (κ3) is 3.42. The molecule has 2 atom stereocenters. The van der Waals surface area contributed by atoms with Crippen LogP contribution in [0.4, 0.5) is 0 Å². The highest BCUT2D eigenvalue weighted by atomic mass is 32.1. The minimum absolute atomic E-state index is 0.0222. The maximum absolute atomic E-state index is 5.73. The Bertz CT molecular complexity index is 1030. The summed E-state index contributed by atoms with van der Waals surface area (Å²) in [6.45, 7) is 9.52. The Kier molecular flexibility index (Phi) is 5.37. The van der Waals surface area contributed by atoms with Gasteiger partial charge in [0.25, 0.3) is 0 Å². The Morgan fingerprint density at radius 1 is 1.07 bits per heavy atom. The average Bonchev–Trinajstić information content (AvgIpc) is 3.19. The fraction of sp³-hybridized carbons (Fsp3) is 0.348. The third-order valence-electron chi connectivity index (χ3n) is 5.64. The molecule has 0 unspecified atom stereocenters. The van der Waals surface area contributed by atoms with Crippen LogP contribution in [-0.4, -0.2) is 31.1 Å². The molecule has 0 spiro atoms. The molecule has 3 aromatic heterocycles. The van der Waals surface area contributed by atoms with Crippen molar-refractivity contribution in [2.75, 3.05) is 6.54 Å². The fourth-order valence-corrected chi connectivity index (χ4v) is 4.68. The van der Waals surface area contributed by atoms with Crippen molar-refractivity contribution in [3.63, 3.8) is 0 Å². The molecule has 0 saturated carbocycles. The molecule has 29 heavy (non-hydrogen) atoms. The molecule has 150 valence electrons. The largest absolute Gasteiger partial charge is 0.352 e. The number of thiocarbonyl (C=S) groups is 1. The van der Waals surface area contributed by atoms with Gasteiger partial charge in [-0.2, -0.15) is 0 Å². The van der Waals surface area contributed by atoms with Crippen LogP contribution in [0.2, 0.25) is 0 Å². The summed E-state index contributed by atoms with van der Waals surface area (Å²) in [6, 6.07) is 12.5. The van der Waals surface area contributed by atoms with E-state index in [1.54, 1.807) is 0 Å². The van der Waals surface area contributed by atoms with Crippen LogP contribution in [0.15, 0.2) is 48.8 Å². The van der Waals surface area contributed by atoms with Gasteiger partial charge in [0.15, 0.2) is 5.11 Å². The van der Waals surface area contributed by atoms with Gasteiger partial charge in [-0.25, -0.2) is 4.98 Å². The molecule has 0 aliphatic carbocycles. The summed E-state index contributed by atoms with van der Waals surface area (Å²) in [5.41, 5.74) is 5.81. The van der Waals surface area contributed by atoms with Gasteiger partial charge in [-0.1, -0.05) is 19.1 Å². The predicted octanol–water partition coefficient (Wildman–Crippen LogP) is 4.58. The van der Waals surface area contributed by atoms with E-state index in [9.17, 15) is 0 Å². The zero-order valence-electron chi connectivity index (χ0n) is 17.4. The van der Waals surface area contributed by atoms with E-state index in [0.29, 0.717) is 0 Å². The summed E-state index contributed by atoms with van der Waals surface area (Å²) in [4.78, 5) is 11.6. The van der Waals surface area contributed by atoms with E-state index < -0.39 is 0 Å². The molecule has 4 rings (SSSR count). The van der Waals surface area contributed by atoms with E-state index in [1.807, 2.05) is 30.6 Å². The monoisotopic (exact) mass is 405 g/mol. The molecule has 1 aliphatic rings. The highest BCUT2D eigenvalue weighted by Gasteiger charge is 2.41. The number of hydrogen-bond donors (Lipinski definition) is 1. The van der Waals surface area contributed by atoms with E-state index in [4.69, 9.17) is 12.2 Å². The number of aromatic nitrogens is 3. The van der Waals surface area contributed by atoms with Crippen molar-refractivity contribution in [2.24, 2.45) is 0 Å². The highest BCUT2D eigenvalue weighted by molar-refractivity contribution is 7.80. The molecule has 1 N–H and O–H groups in total. The van der Waals surface area contributed by atoms with Gasteiger partial charge in [0.1, 0.15) is 5.82 Å². The van der Waals surface area contributed by atoms with Crippen LogP contribution in [0.25, 0.3) is 5.82 Å². The molecule has 5 nitrogen and oxygen atoms in total. The number of pyridine rings is 2. The topological polar surface area (TPSA) is 46.0 Å². The summed E-state index contributed by atoms with van der Waals surface area (Å²) in [5, 5.41) is 4.33. The standard InChI is InChI=1S/C23H27N5S/c1-5-13-27-21(20(26-23(27)29)19-10-6-7-11-24-19)18-14-16(3)28(17(18)4)22-15(2)9-8-12-25-22/h6-12,14,20-21H,5,13H2,1-4H3,(H,26,29)/t20-,21+/m0/s1. The lowest BCUT2D eigenvalue weighted by molar-refractivity contribution is 0.316. The molecule has 1 fully saturated rings. The number of hydrogen-bond acceptors (Lipinski definition) is 3. The number of nitrogens with zero attached hydrogens (tertiary/aromatic N) is 4. The van der Waals surface area contributed by atoms with Gasteiger partial charge in [-0.05, 0) is 74.8 Å². The summed E-state index contributed by atoms with van der Waals surface area (Å²) >= 11 is 5.73. The van der Waals surface area contributed by atoms with Crippen molar-refractivity contribution in [3.05, 3.63) is 77.0 Å². The maximum atomic E-state index is 5.73. The second kappa shape index (κ2) is 7.95. The van der Waals surface area contributed by atoms with E-state index >= 15 is 0 Å². The van der Waals surface area contributed by atoms with Crippen LogP contribution in [0, 0.1) is 20.8 Å². The molecule has 0 amide bonds. The Balaban J connectivity index is 1.85. The van der Waals surface area contributed by atoms with Gasteiger partial charge in [0.05, 0.1) is 17.8 Å². The third-order valence-corrected chi connectivity index (χ3v) is 6.00. The zero-order chi connectivity index (χ0) is 20.5. The van der Waals surface area contributed by atoms with E-state index in [-0.39, 0.29) is 12.1 Å². The number of rotatable bonds is 5. The van der Waals surface area contributed by atoms with Crippen LogP contribution in [0.1, 0.15) is 53.6 Å². The van der Waals surface area contributed by atoms with Gasteiger partial charge in [-0.15, -0.1) is 0 Å². The van der Waals surface area contributed by atoms with Crippen LogP contribution >= 0.6 is 12.2 Å². The van der Waals surface area contributed by atoms with E-state index in [2.05, 4.69) is 70.6 Å². The van der Waals surface area contributed by atoms with Crippen molar-refractivity contribution < 1.29 is 0 Å². The zero-order valence-corrected chi connectivity index (χ0v) is 18.2. The van der Waals surface area contributed by atoms with E-state index in [1.165, 1.54) is 17.0 Å². The first-order valence-corrected chi connectivity index (χ1v) is 10.5. The minimum Gasteiger partial charge on any atom is -0.352 e. The molecule has 1 saturated heterocycles. The van der Waals surface area contributed by atoms with E-state index in [0.717, 1.165) is 35.2 Å². The second-order valence-electron chi connectivity index (χ2n) is 7.63. The molecule has 0 bridgehead atoms. The minimum atomic E-state index is 0.0222. The number of nitrogens with one attached hydrogen (secondary N) is 1. The lowest BCUT2D eigenvalue weighted by Gasteiger charge is -2.27. The van der Waals surface area contributed by atoms with Crippen LogP contribution in [0.5, 0.6) is 0 Å². The van der Waals surface area contributed by atoms with Crippen molar-refractivity contribution in [1.82, 2.24) is 24.8 Å². The van der Waals surface area contributed by atoms with Crippen molar-refractivity contribution in [2.45, 2.75) is 46.2 Å². The van der Waals surface area contributed by atoms with Gasteiger partial charge in [0.2, 0.25) is 0 Å². The molecule has 0 aromatic carbocycles. The SMILES string of the molecule is CCCN1C(=S)N[C@@H](c2ccccn2)[C@H]1c1cc(C)n(-c2ncccc2C)c1C. The van der Waals surface area contributed by atoms with Crippen LogP contribution in [0.3, 0.4) is 0 Å². The summed E-state index contributed by atoms with van der Waals surface area (Å²) in [6.07, 6.45) is 4.73. The normalized spacial score (nSPS) is 18.9. The highest BCUT2D eigenvalue weighted by Crippen LogP contribution is 2.41. The second-order valence-corrected chi connectivity index (χ2v) is 8.01. The van der Waals surface area contributed by atoms with Gasteiger partial charge in [0, 0.05) is 30.3 Å². The summed E-state index contributed by atoms with van der Waals surface area (Å²) in [5.74, 6) is 0.985. The average molecular weight is 406 g/mol. The molecular formula is C23H27N5S. The summed E-state index contributed by atoms with van der Waals surface area (Å²) in [7, 11) is 0. The van der Waals surface area contributed by atoms with Gasteiger partial charge in [-0.3, -0.25) is 4.98 Å². The van der Waals surface area contributed by atoms with Crippen molar-refractivity contribution >= 4 is 17.3 Å². The molecular weight excluding hydrogens is 378 g/mol. The Morgan fingerprint density at radius 3 is 2.55 bits per heavy atom. The predicted molar refractivity (Wildman–Crippen MR) is 120 cm³/mol.